The molecule has 0 aromatic heterocycles. The molecule has 1 aliphatic heterocycles. The zero-order valence-electron chi connectivity index (χ0n) is 11.4. The summed E-state index contributed by atoms with van der Waals surface area (Å²) in [6, 6.07) is -0.360. The average molecular weight is 238 g/mol. The molecule has 17 heavy (non-hydrogen) atoms. The smallest absolute Gasteiger partial charge is 0.240 e. The van der Waals surface area contributed by atoms with E-state index in [9.17, 15) is 4.79 Å². The van der Waals surface area contributed by atoms with Crippen molar-refractivity contribution >= 4 is 5.91 Å². The third-order valence-electron chi connectivity index (χ3n) is 4.36. The van der Waals surface area contributed by atoms with Crippen LogP contribution in [0.2, 0.25) is 0 Å². The number of amides is 1. The lowest BCUT2D eigenvalue weighted by atomic mass is 9.77. The number of likely N-dealkylation sites (tertiary alicyclic amines) is 1. The van der Waals surface area contributed by atoms with E-state index in [0.29, 0.717) is 0 Å². The summed E-state index contributed by atoms with van der Waals surface area (Å²) < 4.78 is 0. The van der Waals surface area contributed by atoms with Crippen LogP contribution < -0.4 is 5.73 Å². The van der Waals surface area contributed by atoms with Crippen molar-refractivity contribution in [1.82, 2.24) is 4.90 Å². The first-order valence-electron chi connectivity index (χ1n) is 6.92. The van der Waals surface area contributed by atoms with Crippen LogP contribution in [0.3, 0.4) is 0 Å². The number of piperidine rings is 1. The topological polar surface area (TPSA) is 46.3 Å². The van der Waals surface area contributed by atoms with Crippen molar-refractivity contribution in [3.05, 3.63) is 0 Å². The number of hydrogen-bond acceptors (Lipinski definition) is 2. The Labute approximate surface area is 105 Å². The summed E-state index contributed by atoms with van der Waals surface area (Å²) in [5, 5.41) is 0. The van der Waals surface area contributed by atoms with Crippen molar-refractivity contribution in [3.63, 3.8) is 0 Å². The van der Waals surface area contributed by atoms with Crippen LogP contribution in [-0.4, -0.2) is 29.9 Å². The van der Waals surface area contributed by atoms with Crippen LogP contribution >= 0.6 is 0 Å². The minimum atomic E-state index is -0.360. The molecule has 2 N–H and O–H groups in total. The molecule has 2 bridgehead atoms. The lowest BCUT2D eigenvalue weighted by Gasteiger charge is -2.43. The fraction of sp³-hybridized carbons (Fsp3) is 0.929. The highest BCUT2D eigenvalue weighted by Gasteiger charge is 2.37. The average Bonchev–Trinajstić information content (AvgIpc) is 2.25. The van der Waals surface area contributed by atoms with E-state index in [2.05, 4.69) is 0 Å². The maximum absolute atomic E-state index is 12.4. The van der Waals surface area contributed by atoms with E-state index in [4.69, 9.17) is 5.73 Å². The molecule has 0 aromatic carbocycles. The molecule has 1 saturated carbocycles. The van der Waals surface area contributed by atoms with Gasteiger partial charge in [0.05, 0.1) is 6.04 Å². The van der Waals surface area contributed by atoms with Gasteiger partial charge >= 0.3 is 0 Å². The number of hydrogen-bond donors (Lipinski definition) is 1. The van der Waals surface area contributed by atoms with Crippen LogP contribution in [0.5, 0.6) is 0 Å². The van der Waals surface area contributed by atoms with Crippen LogP contribution in [0.1, 0.15) is 46.5 Å². The summed E-state index contributed by atoms with van der Waals surface area (Å²) in [6.45, 7) is 8.01. The molecule has 2 aliphatic rings. The van der Waals surface area contributed by atoms with Crippen LogP contribution in [0.25, 0.3) is 0 Å². The molecular weight excluding hydrogens is 212 g/mol. The molecule has 1 aliphatic carbocycles. The third-order valence-corrected chi connectivity index (χ3v) is 4.36. The highest BCUT2D eigenvalue weighted by atomic mass is 16.2. The van der Waals surface area contributed by atoms with Gasteiger partial charge in [-0.2, -0.15) is 0 Å². The number of rotatable bonds is 1. The fourth-order valence-corrected chi connectivity index (χ4v) is 3.18. The zero-order chi connectivity index (χ0) is 12.6. The summed E-state index contributed by atoms with van der Waals surface area (Å²) in [7, 11) is 0. The van der Waals surface area contributed by atoms with Crippen molar-refractivity contribution in [1.29, 1.82) is 0 Å². The van der Waals surface area contributed by atoms with Gasteiger partial charge in [-0.15, -0.1) is 0 Å². The SMILES string of the molecule is CC(C)(C)C(N)C(=O)N1CC2CCCC(C2)C1. The van der Waals surface area contributed by atoms with E-state index in [1.165, 1.54) is 25.7 Å². The predicted molar refractivity (Wildman–Crippen MR) is 69.5 cm³/mol. The molecule has 3 unspecified atom stereocenters. The van der Waals surface area contributed by atoms with Gasteiger partial charge in [0.2, 0.25) is 5.91 Å². The first kappa shape index (κ1) is 12.9. The Balaban J connectivity index is 2.00. The van der Waals surface area contributed by atoms with Crippen LogP contribution in [-0.2, 0) is 4.79 Å². The van der Waals surface area contributed by atoms with Crippen LogP contribution in [0.4, 0.5) is 0 Å². The van der Waals surface area contributed by atoms with Crippen LogP contribution in [0, 0.1) is 17.3 Å². The first-order valence-corrected chi connectivity index (χ1v) is 6.92. The van der Waals surface area contributed by atoms with E-state index < -0.39 is 0 Å². The molecule has 0 spiro atoms. The third kappa shape index (κ3) is 2.82. The van der Waals surface area contributed by atoms with Gasteiger partial charge in [0, 0.05) is 13.1 Å². The normalized spacial score (nSPS) is 31.2. The lowest BCUT2D eigenvalue weighted by Crippen LogP contribution is -2.55. The van der Waals surface area contributed by atoms with Crippen molar-refractivity contribution in [3.8, 4) is 0 Å². The molecular formula is C14H26N2O. The molecule has 2 rings (SSSR count). The van der Waals surface area contributed by atoms with Crippen LogP contribution in [0.15, 0.2) is 0 Å². The summed E-state index contributed by atoms with van der Waals surface area (Å²) in [5.74, 6) is 1.63. The summed E-state index contributed by atoms with van der Waals surface area (Å²) >= 11 is 0. The van der Waals surface area contributed by atoms with Gasteiger partial charge in [-0.3, -0.25) is 4.79 Å². The molecule has 0 radical (unpaired) electrons. The molecule has 98 valence electrons. The highest BCUT2D eigenvalue weighted by Crippen LogP contribution is 2.35. The van der Waals surface area contributed by atoms with Crippen molar-refractivity contribution in [2.24, 2.45) is 23.0 Å². The lowest BCUT2D eigenvalue weighted by molar-refractivity contribution is -0.138. The second-order valence-electron chi connectivity index (χ2n) is 6.99. The van der Waals surface area contributed by atoms with Gasteiger partial charge in [0.25, 0.3) is 0 Å². The molecule has 0 aromatic rings. The Morgan fingerprint density at radius 2 is 1.76 bits per heavy atom. The molecule has 1 heterocycles. The Morgan fingerprint density at radius 3 is 2.24 bits per heavy atom. The van der Waals surface area contributed by atoms with E-state index in [1.807, 2.05) is 25.7 Å². The largest absolute Gasteiger partial charge is 0.341 e. The van der Waals surface area contributed by atoms with Crippen molar-refractivity contribution in [2.45, 2.75) is 52.5 Å². The van der Waals surface area contributed by atoms with Gasteiger partial charge in [-0.25, -0.2) is 0 Å². The maximum Gasteiger partial charge on any atom is 0.240 e. The van der Waals surface area contributed by atoms with Gasteiger partial charge in [0.1, 0.15) is 0 Å². The van der Waals surface area contributed by atoms with Crippen molar-refractivity contribution < 1.29 is 4.79 Å². The first-order chi connectivity index (χ1) is 7.88. The second-order valence-corrected chi connectivity index (χ2v) is 6.99. The quantitative estimate of drug-likeness (QED) is 0.759. The molecule has 2 fully saturated rings. The number of nitrogens with two attached hydrogens (primary N) is 1. The molecule has 1 amide bonds. The number of fused-ring (bicyclic) bond motifs is 2. The number of carbonyl (C=O) groups is 1. The molecule has 3 heteroatoms. The van der Waals surface area contributed by atoms with E-state index >= 15 is 0 Å². The highest BCUT2D eigenvalue weighted by molar-refractivity contribution is 5.82. The number of carbonyl (C=O) groups excluding carboxylic acids is 1. The Kier molecular flexibility index (Phi) is 3.48. The van der Waals surface area contributed by atoms with Gasteiger partial charge in [-0.05, 0) is 36.5 Å². The van der Waals surface area contributed by atoms with Gasteiger partial charge in [-0.1, -0.05) is 27.2 Å². The minimum Gasteiger partial charge on any atom is -0.341 e. The number of nitrogens with zero attached hydrogens (tertiary/aromatic N) is 1. The maximum atomic E-state index is 12.4. The Bertz CT molecular complexity index is 283. The van der Waals surface area contributed by atoms with E-state index in [-0.39, 0.29) is 17.4 Å². The monoisotopic (exact) mass is 238 g/mol. The fourth-order valence-electron chi connectivity index (χ4n) is 3.18. The minimum absolute atomic E-state index is 0.135. The standard InChI is InChI=1S/C14H26N2O/c1-14(2,3)12(15)13(17)16-8-10-5-4-6-11(7-10)9-16/h10-12H,4-9,15H2,1-3H3. The zero-order valence-corrected chi connectivity index (χ0v) is 11.4. The molecule has 3 atom stereocenters. The summed E-state index contributed by atoms with van der Waals surface area (Å²) in [6.07, 6.45) is 5.27. The predicted octanol–water partition coefficient (Wildman–Crippen LogP) is 2.01. The molecule has 1 saturated heterocycles. The van der Waals surface area contributed by atoms with Crippen molar-refractivity contribution in [2.75, 3.05) is 13.1 Å². The summed E-state index contributed by atoms with van der Waals surface area (Å²) in [5.41, 5.74) is 5.95. The Hall–Kier alpha value is -0.570. The van der Waals surface area contributed by atoms with E-state index in [0.717, 1.165) is 24.9 Å². The van der Waals surface area contributed by atoms with Gasteiger partial charge < -0.3 is 10.6 Å². The molecule has 3 nitrogen and oxygen atoms in total. The second kappa shape index (κ2) is 4.60. The van der Waals surface area contributed by atoms with Gasteiger partial charge in [0.15, 0.2) is 0 Å². The summed E-state index contributed by atoms with van der Waals surface area (Å²) in [4.78, 5) is 14.4. The van der Waals surface area contributed by atoms with E-state index in [1.54, 1.807) is 0 Å². The Morgan fingerprint density at radius 1 is 1.24 bits per heavy atom.